The number of rotatable bonds is 1. The number of aromatic amines is 1. The lowest BCUT2D eigenvalue weighted by molar-refractivity contribution is -0.121. The Morgan fingerprint density at radius 1 is 1.04 bits per heavy atom. The summed E-state index contributed by atoms with van der Waals surface area (Å²) in [4.78, 5) is 43.5. The topological polar surface area (TPSA) is 116 Å². The molecule has 7 nitrogen and oxygen atoms in total. The fourth-order valence-corrected chi connectivity index (χ4v) is 4.40. The summed E-state index contributed by atoms with van der Waals surface area (Å²) in [6.45, 7) is 0. The number of Topliss-reactive ketones (excluding diaryl/α,β-unsaturated/α-hetero) is 3. The lowest BCUT2D eigenvalue weighted by Gasteiger charge is -2.37. The third kappa shape index (κ3) is 2.18. The van der Waals surface area contributed by atoms with Crippen LogP contribution in [0.1, 0.15) is 57.2 Å². The largest absolute Gasteiger partial charge is 0.299 e. The molecule has 0 bridgehead atoms. The second-order valence-electron chi connectivity index (χ2n) is 7.19. The molecule has 28 heavy (non-hydrogen) atoms. The molecule has 1 aliphatic heterocycles. The summed E-state index contributed by atoms with van der Waals surface area (Å²) in [5.74, 6) is -1.81. The molecule has 1 aromatic heterocycles. The van der Waals surface area contributed by atoms with Crippen molar-refractivity contribution in [3.63, 3.8) is 0 Å². The number of carbonyl (C=O) groups excluding carboxylic acids is 3. The van der Waals surface area contributed by atoms with Gasteiger partial charge >= 0.3 is 0 Å². The van der Waals surface area contributed by atoms with Crippen LogP contribution in [0.2, 0.25) is 0 Å². The van der Waals surface area contributed by atoms with E-state index in [4.69, 9.17) is 5.26 Å². The van der Waals surface area contributed by atoms with Crippen LogP contribution in [0.15, 0.2) is 46.7 Å². The number of ketones is 3. The van der Waals surface area contributed by atoms with Gasteiger partial charge < -0.3 is 0 Å². The van der Waals surface area contributed by atoms with Crippen molar-refractivity contribution in [3.8, 4) is 6.07 Å². The van der Waals surface area contributed by atoms with Crippen LogP contribution in [0.3, 0.4) is 0 Å². The Morgan fingerprint density at radius 3 is 2.57 bits per heavy atom. The van der Waals surface area contributed by atoms with E-state index in [9.17, 15) is 14.4 Å². The van der Waals surface area contributed by atoms with Crippen molar-refractivity contribution < 1.29 is 14.4 Å². The molecule has 0 spiro atoms. The quantitative estimate of drug-likeness (QED) is 0.828. The van der Waals surface area contributed by atoms with Gasteiger partial charge in [0.1, 0.15) is 17.2 Å². The average molecular weight is 370 g/mol. The molecule has 2 atom stereocenters. The van der Waals surface area contributed by atoms with E-state index in [1.807, 2.05) is 0 Å². The number of benzene rings is 1. The predicted molar refractivity (Wildman–Crippen MR) is 98.0 cm³/mol. The summed E-state index contributed by atoms with van der Waals surface area (Å²) in [6, 6.07) is 8.88. The van der Waals surface area contributed by atoms with Crippen LogP contribution in [0.4, 0.5) is 0 Å². The number of fused-ring (bicyclic) bond motifs is 2. The molecule has 2 heterocycles. The van der Waals surface area contributed by atoms with Crippen molar-refractivity contribution in [1.29, 1.82) is 5.26 Å². The highest BCUT2D eigenvalue weighted by Crippen LogP contribution is 2.46. The maximum absolute atomic E-state index is 13.2. The number of nitrogens with zero attached hydrogens (tertiary/aromatic N) is 3. The number of carbonyl (C=O) groups is 3. The highest BCUT2D eigenvalue weighted by atomic mass is 16.1. The third-order valence-corrected chi connectivity index (χ3v) is 5.69. The van der Waals surface area contributed by atoms with Gasteiger partial charge in [0.2, 0.25) is 11.6 Å². The summed E-state index contributed by atoms with van der Waals surface area (Å²) in [7, 11) is 0. The lowest BCUT2D eigenvalue weighted by atomic mass is 9.67. The first kappa shape index (κ1) is 16.5. The number of allylic oxidation sites excluding steroid dienone is 2. The Hall–Kier alpha value is -3.66. The van der Waals surface area contributed by atoms with Crippen LogP contribution in [0.25, 0.3) is 0 Å². The lowest BCUT2D eigenvalue weighted by Crippen LogP contribution is -2.41. The zero-order valence-corrected chi connectivity index (χ0v) is 14.7. The number of aromatic nitrogens is 2. The first-order valence-electron chi connectivity index (χ1n) is 9.07. The van der Waals surface area contributed by atoms with Gasteiger partial charge in [-0.15, -0.1) is 0 Å². The molecule has 1 N–H and O–H groups in total. The highest BCUT2D eigenvalue weighted by Gasteiger charge is 2.48. The van der Waals surface area contributed by atoms with Gasteiger partial charge in [-0.05, 0) is 30.5 Å². The maximum Gasteiger partial charge on any atom is 0.215 e. The number of nitrogens with one attached hydrogen (secondary N) is 1. The molecule has 3 aliphatic rings. The van der Waals surface area contributed by atoms with Gasteiger partial charge in [0.25, 0.3) is 0 Å². The fraction of sp³-hybridized carbons (Fsp3) is 0.238. The smallest absolute Gasteiger partial charge is 0.215 e. The number of hydrogen-bond acceptors (Lipinski definition) is 6. The molecule has 7 heteroatoms. The third-order valence-electron chi connectivity index (χ3n) is 5.69. The molecule has 2 unspecified atom stereocenters. The SMILES string of the molecule is N#Cc1ccc(C2C3=C(N=C4CCCC(=O)C42)C(=O)c2cn[nH]c2C3=O)cc1. The van der Waals surface area contributed by atoms with Crippen molar-refractivity contribution in [3.05, 3.63) is 64.1 Å². The molecule has 0 saturated heterocycles. The van der Waals surface area contributed by atoms with Crippen LogP contribution in [0.5, 0.6) is 0 Å². The van der Waals surface area contributed by atoms with E-state index in [2.05, 4.69) is 21.3 Å². The maximum atomic E-state index is 13.2. The van der Waals surface area contributed by atoms with E-state index in [1.165, 1.54) is 6.20 Å². The molecule has 0 radical (unpaired) electrons. The van der Waals surface area contributed by atoms with E-state index >= 15 is 0 Å². The van der Waals surface area contributed by atoms with Crippen molar-refractivity contribution >= 4 is 23.1 Å². The van der Waals surface area contributed by atoms with Gasteiger partial charge in [-0.25, -0.2) is 0 Å². The normalized spacial score (nSPS) is 23.5. The Balaban J connectivity index is 1.75. The summed E-state index contributed by atoms with van der Waals surface area (Å²) >= 11 is 0. The average Bonchev–Trinajstić information content (AvgIpc) is 3.21. The molecule has 1 aromatic carbocycles. The Labute approximate surface area is 159 Å². The number of nitriles is 1. The second kappa shape index (κ2) is 5.92. The van der Waals surface area contributed by atoms with Gasteiger partial charge in [-0.3, -0.25) is 24.5 Å². The van der Waals surface area contributed by atoms with Crippen molar-refractivity contribution in [1.82, 2.24) is 10.2 Å². The van der Waals surface area contributed by atoms with Gasteiger partial charge in [-0.1, -0.05) is 12.1 Å². The molecule has 136 valence electrons. The summed E-state index contributed by atoms with van der Waals surface area (Å²) in [5.41, 5.74) is 2.60. The zero-order chi connectivity index (χ0) is 19.4. The Kier molecular flexibility index (Phi) is 3.49. The van der Waals surface area contributed by atoms with Gasteiger partial charge in [0.05, 0.1) is 29.3 Å². The summed E-state index contributed by atoms with van der Waals surface area (Å²) < 4.78 is 0. The molecule has 2 aromatic rings. The van der Waals surface area contributed by atoms with Gasteiger partial charge in [0, 0.05) is 23.6 Å². The molecule has 1 saturated carbocycles. The molecule has 0 amide bonds. The Morgan fingerprint density at radius 2 is 1.82 bits per heavy atom. The van der Waals surface area contributed by atoms with E-state index in [0.29, 0.717) is 30.5 Å². The van der Waals surface area contributed by atoms with Crippen molar-refractivity contribution in [2.45, 2.75) is 25.2 Å². The predicted octanol–water partition coefficient (Wildman–Crippen LogP) is 2.52. The molecular weight excluding hydrogens is 356 g/mol. The summed E-state index contributed by atoms with van der Waals surface area (Å²) in [5, 5.41) is 15.5. The monoisotopic (exact) mass is 370 g/mol. The number of hydrogen-bond donors (Lipinski definition) is 1. The first-order chi connectivity index (χ1) is 13.6. The van der Waals surface area contributed by atoms with Crippen LogP contribution in [-0.2, 0) is 4.79 Å². The number of aliphatic imine (C=N–C) groups is 1. The van der Waals surface area contributed by atoms with Crippen LogP contribution in [-0.4, -0.2) is 33.3 Å². The second-order valence-corrected chi connectivity index (χ2v) is 7.19. The Bertz CT molecular complexity index is 1160. The standard InChI is InChI=1S/C21H14N4O3/c22-8-10-4-6-11(7-5-10)15-16-13(2-1-3-14(16)26)24-19-17(15)21(28)18-12(20(19)27)9-23-25-18/h4-7,9,15-16H,1-3H2,(H,23,25). The molecule has 2 aliphatic carbocycles. The van der Waals surface area contributed by atoms with Gasteiger partial charge in [-0.2, -0.15) is 10.4 Å². The molecule has 1 fully saturated rings. The zero-order valence-electron chi connectivity index (χ0n) is 14.7. The van der Waals surface area contributed by atoms with E-state index in [1.54, 1.807) is 24.3 Å². The summed E-state index contributed by atoms with van der Waals surface area (Å²) in [6.07, 6.45) is 3.08. The minimum Gasteiger partial charge on any atom is -0.299 e. The van der Waals surface area contributed by atoms with Crippen LogP contribution < -0.4 is 0 Å². The molecular formula is C21H14N4O3. The van der Waals surface area contributed by atoms with Crippen molar-refractivity contribution in [2.75, 3.05) is 0 Å². The van der Waals surface area contributed by atoms with Crippen molar-refractivity contribution in [2.24, 2.45) is 10.9 Å². The van der Waals surface area contributed by atoms with Crippen LogP contribution in [0, 0.1) is 17.2 Å². The van der Waals surface area contributed by atoms with E-state index < -0.39 is 11.8 Å². The van der Waals surface area contributed by atoms with E-state index in [0.717, 1.165) is 5.56 Å². The van der Waals surface area contributed by atoms with Crippen LogP contribution >= 0.6 is 0 Å². The fourth-order valence-electron chi connectivity index (χ4n) is 4.40. The molecule has 5 rings (SSSR count). The number of H-pyrrole nitrogens is 1. The van der Waals surface area contributed by atoms with Gasteiger partial charge in [0.15, 0.2) is 0 Å². The van der Waals surface area contributed by atoms with E-state index in [-0.39, 0.29) is 39.9 Å². The minimum absolute atomic E-state index is 0.0292. The minimum atomic E-state index is -0.587. The first-order valence-corrected chi connectivity index (χ1v) is 9.07. The highest BCUT2D eigenvalue weighted by molar-refractivity contribution is 6.29.